The highest BCUT2D eigenvalue weighted by atomic mass is 32.2. The average molecular weight is 396 g/mol. The van der Waals surface area contributed by atoms with Gasteiger partial charge in [-0.15, -0.1) is 11.8 Å². The number of amides is 3. The normalized spacial score (nSPS) is 18.6. The number of hydrogen-bond donors (Lipinski definition) is 1. The van der Waals surface area contributed by atoms with Crippen molar-refractivity contribution in [1.82, 2.24) is 4.90 Å². The van der Waals surface area contributed by atoms with E-state index in [1.807, 2.05) is 72.2 Å². The van der Waals surface area contributed by atoms with Gasteiger partial charge in [0.05, 0.1) is 10.6 Å². The molecule has 0 aliphatic carbocycles. The summed E-state index contributed by atoms with van der Waals surface area (Å²) in [5.74, 6) is 0.662. The van der Waals surface area contributed by atoms with Gasteiger partial charge < -0.3 is 10.2 Å². The van der Waals surface area contributed by atoms with Crippen molar-refractivity contribution in [2.45, 2.75) is 31.6 Å². The van der Waals surface area contributed by atoms with Gasteiger partial charge in [0.2, 0.25) is 5.91 Å². The number of benzene rings is 2. The molecule has 2 aliphatic rings. The number of urea groups is 1. The predicted octanol–water partition coefficient (Wildman–Crippen LogP) is 4.41. The van der Waals surface area contributed by atoms with Crippen molar-refractivity contribution >= 4 is 35.1 Å². The Morgan fingerprint density at radius 3 is 2.39 bits per heavy atom. The van der Waals surface area contributed by atoms with Gasteiger partial charge in [-0.25, -0.2) is 4.79 Å². The maximum atomic E-state index is 12.7. The lowest BCUT2D eigenvalue weighted by molar-refractivity contribution is -0.116. The molecule has 1 spiro atoms. The van der Waals surface area contributed by atoms with Crippen molar-refractivity contribution in [2.24, 2.45) is 0 Å². The van der Waals surface area contributed by atoms with E-state index in [4.69, 9.17) is 0 Å². The van der Waals surface area contributed by atoms with E-state index in [-0.39, 0.29) is 16.8 Å². The highest BCUT2D eigenvalue weighted by Crippen LogP contribution is 2.46. The van der Waals surface area contributed by atoms with Gasteiger partial charge in [0.15, 0.2) is 0 Å². The third-order valence-corrected chi connectivity index (χ3v) is 7.15. The van der Waals surface area contributed by atoms with Crippen LogP contribution < -0.4 is 10.2 Å². The molecule has 0 atom stereocenters. The first kappa shape index (κ1) is 18.9. The minimum Gasteiger partial charge on any atom is -0.324 e. The summed E-state index contributed by atoms with van der Waals surface area (Å²) < 4.78 is 0. The van der Waals surface area contributed by atoms with Crippen LogP contribution in [0.2, 0.25) is 0 Å². The Bertz CT molecular complexity index is 889. The average Bonchev–Trinajstić information content (AvgIpc) is 3.01. The van der Waals surface area contributed by atoms with Crippen LogP contribution in [0.4, 0.5) is 16.2 Å². The van der Waals surface area contributed by atoms with E-state index in [0.29, 0.717) is 18.8 Å². The van der Waals surface area contributed by atoms with Gasteiger partial charge in [-0.2, -0.15) is 0 Å². The van der Waals surface area contributed by atoms with Gasteiger partial charge in [-0.1, -0.05) is 35.9 Å². The maximum Gasteiger partial charge on any atom is 0.321 e. The monoisotopic (exact) mass is 395 g/mol. The van der Waals surface area contributed by atoms with Crippen molar-refractivity contribution in [3.63, 3.8) is 0 Å². The van der Waals surface area contributed by atoms with Crippen LogP contribution in [0.5, 0.6) is 0 Å². The van der Waals surface area contributed by atoms with E-state index in [9.17, 15) is 9.59 Å². The van der Waals surface area contributed by atoms with Gasteiger partial charge in [0.1, 0.15) is 0 Å². The smallest absolute Gasteiger partial charge is 0.321 e. The van der Waals surface area contributed by atoms with E-state index in [0.717, 1.165) is 29.8 Å². The molecular weight excluding hydrogens is 370 g/mol. The number of carbonyl (C=O) groups is 2. The molecule has 3 amide bonds. The molecule has 6 heteroatoms. The Morgan fingerprint density at radius 2 is 1.71 bits per heavy atom. The van der Waals surface area contributed by atoms with Crippen LogP contribution >= 0.6 is 11.8 Å². The van der Waals surface area contributed by atoms with E-state index in [1.54, 1.807) is 11.8 Å². The fourth-order valence-electron chi connectivity index (χ4n) is 3.96. The third-order valence-electron chi connectivity index (χ3n) is 5.63. The summed E-state index contributed by atoms with van der Waals surface area (Å²) in [6, 6.07) is 15.9. The van der Waals surface area contributed by atoms with Gasteiger partial charge >= 0.3 is 6.03 Å². The van der Waals surface area contributed by atoms with E-state index < -0.39 is 0 Å². The summed E-state index contributed by atoms with van der Waals surface area (Å²) in [6.07, 6.45) is 1.55. The lowest BCUT2D eigenvalue weighted by Gasteiger charge is -2.44. The Balaban J connectivity index is 1.46. The summed E-state index contributed by atoms with van der Waals surface area (Å²) in [5.41, 5.74) is 4.03. The SMILES string of the molecule is Cc1ccc(N2C(=O)CSC23CCN(C(=O)Nc2ccccc2C)CC3)cc1. The molecule has 5 nitrogen and oxygen atoms in total. The Labute approximate surface area is 170 Å². The summed E-state index contributed by atoms with van der Waals surface area (Å²) in [4.78, 5) is 28.9. The van der Waals surface area contributed by atoms with E-state index in [2.05, 4.69) is 5.32 Å². The molecule has 0 radical (unpaired) electrons. The summed E-state index contributed by atoms with van der Waals surface area (Å²) in [7, 11) is 0. The Hall–Kier alpha value is -2.47. The molecule has 146 valence electrons. The minimum atomic E-state index is -0.244. The highest BCUT2D eigenvalue weighted by Gasteiger charge is 2.49. The zero-order valence-corrected chi connectivity index (χ0v) is 17.1. The van der Waals surface area contributed by atoms with Gasteiger partial charge in [0.25, 0.3) is 0 Å². The van der Waals surface area contributed by atoms with Crippen molar-refractivity contribution in [3.8, 4) is 0 Å². The fourth-order valence-corrected chi connectivity index (χ4v) is 5.29. The zero-order chi connectivity index (χ0) is 19.7. The molecule has 2 aromatic rings. The quantitative estimate of drug-likeness (QED) is 0.820. The van der Waals surface area contributed by atoms with Gasteiger partial charge in [0, 0.05) is 24.5 Å². The van der Waals surface area contributed by atoms with Gasteiger partial charge in [-0.3, -0.25) is 9.69 Å². The van der Waals surface area contributed by atoms with Crippen molar-refractivity contribution in [2.75, 3.05) is 29.1 Å². The lowest BCUT2D eigenvalue weighted by atomic mass is 10.0. The molecule has 2 aliphatic heterocycles. The number of hydrogen-bond acceptors (Lipinski definition) is 3. The number of nitrogens with one attached hydrogen (secondary N) is 1. The molecule has 2 fully saturated rings. The number of nitrogens with zero attached hydrogens (tertiary/aromatic N) is 2. The number of para-hydroxylation sites is 1. The first-order chi connectivity index (χ1) is 13.5. The standard InChI is InChI=1S/C22H25N3O2S/c1-16-7-9-18(10-8-16)25-20(26)15-28-22(25)11-13-24(14-12-22)21(27)23-19-6-4-3-5-17(19)2/h3-10H,11-15H2,1-2H3,(H,23,27). The van der Waals surface area contributed by atoms with Crippen molar-refractivity contribution in [1.29, 1.82) is 0 Å². The molecule has 0 unspecified atom stereocenters. The van der Waals surface area contributed by atoms with Crippen LogP contribution in [-0.4, -0.2) is 40.6 Å². The lowest BCUT2D eigenvalue weighted by Crippen LogP contribution is -2.53. The summed E-state index contributed by atoms with van der Waals surface area (Å²) in [6.45, 7) is 5.31. The van der Waals surface area contributed by atoms with E-state index >= 15 is 0 Å². The second kappa shape index (κ2) is 7.51. The zero-order valence-electron chi connectivity index (χ0n) is 16.3. The molecule has 28 heavy (non-hydrogen) atoms. The van der Waals surface area contributed by atoms with Crippen LogP contribution in [0.25, 0.3) is 0 Å². The number of rotatable bonds is 2. The van der Waals surface area contributed by atoms with E-state index in [1.165, 1.54) is 5.56 Å². The molecule has 2 saturated heterocycles. The Kier molecular flexibility index (Phi) is 5.06. The predicted molar refractivity (Wildman–Crippen MR) is 115 cm³/mol. The van der Waals surface area contributed by atoms with Crippen LogP contribution in [0, 0.1) is 13.8 Å². The molecule has 2 heterocycles. The number of carbonyl (C=O) groups excluding carboxylic acids is 2. The number of piperidine rings is 1. The number of anilines is 2. The van der Waals surface area contributed by atoms with Crippen LogP contribution in [-0.2, 0) is 4.79 Å². The summed E-state index contributed by atoms with van der Waals surface area (Å²) in [5, 5.41) is 3.02. The largest absolute Gasteiger partial charge is 0.324 e. The summed E-state index contributed by atoms with van der Waals surface area (Å²) >= 11 is 1.72. The third kappa shape index (κ3) is 3.49. The second-order valence-electron chi connectivity index (χ2n) is 7.53. The number of aryl methyl sites for hydroxylation is 2. The first-order valence-corrected chi connectivity index (χ1v) is 10.6. The van der Waals surface area contributed by atoms with Crippen molar-refractivity contribution in [3.05, 3.63) is 59.7 Å². The molecular formula is C22H25N3O2S. The van der Waals surface area contributed by atoms with Crippen LogP contribution in [0.1, 0.15) is 24.0 Å². The van der Waals surface area contributed by atoms with Crippen LogP contribution in [0.3, 0.4) is 0 Å². The molecule has 1 N–H and O–H groups in total. The maximum absolute atomic E-state index is 12.7. The molecule has 2 aromatic carbocycles. The number of likely N-dealkylation sites (tertiary alicyclic amines) is 1. The second-order valence-corrected chi connectivity index (χ2v) is 8.87. The first-order valence-electron chi connectivity index (χ1n) is 9.64. The minimum absolute atomic E-state index is 0.0691. The molecule has 0 aromatic heterocycles. The highest BCUT2D eigenvalue weighted by molar-refractivity contribution is 8.02. The number of thioether (sulfide) groups is 1. The molecule has 0 saturated carbocycles. The van der Waals surface area contributed by atoms with Crippen LogP contribution in [0.15, 0.2) is 48.5 Å². The molecule has 0 bridgehead atoms. The fraction of sp³-hybridized carbons (Fsp3) is 0.364. The topological polar surface area (TPSA) is 52.7 Å². The van der Waals surface area contributed by atoms with Crippen molar-refractivity contribution < 1.29 is 9.59 Å². The van der Waals surface area contributed by atoms with Gasteiger partial charge in [-0.05, 0) is 50.5 Å². The molecule has 4 rings (SSSR count). The Morgan fingerprint density at radius 1 is 1.04 bits per heavy atom.